The van der Waals surface area contributed by atoms with Crippen molar-refractivity contribution in [2.45, 2.75) is 39.5 Å². The zero-order valence-electron chi connectivity index (χ0n) is 7.19. The first kappa shape index (κ1) is 9.70. The fraction of sp³-hybridized carbons (Fsp3) is 0.778. The Balaban J connectivity index is 3.16. The molecule has 60 valence electrons. The third kappa shape index (κ3) is 5.83. The topological polar surface area (TPSA) is 26.0 Å². The molecular weight excluding hydrogens is 122 g/mol. The van der Waals surface area contributed by atoms with Crippen molar-refractivity contribution < 1.29 is 0 Å². The summed E-state index contributed by atoms with van der Waals surface area (Å²) < 4.78 is 0. The average molecular weight is 141 g/mol. The first-order chi connectivity index (χ1) is 4.81. The van der Waals surface area contributed by atoms with Crippen LogP contribution in [0.1, 0.15) is 39.5 Å². The monoisotopic (exact) mass is 141 g/mol. The Bertz CT molecular complexity index is 94.9. The van der Waals surface area contributed by atoms with Gasteiger partial charge in [0.25, 0.3) is 0 Å². The molecule has 0 aliphatic heterocycles. The summed E-state index contributed by atoms with van der Waals surface area (Å²) in [4.78, 5) is 0. The van der Waals surface area contributed by atoms with Crippen molar-refractivity contribution in [1.29, 1.82) is 0 Å². The van der Waals surface area contributed by atoms with Gasteiger partial charge in [-0.25, -0.2) is 0 Å². The van der Waals surface area contributed by atoms with E-state index in [0.29, 0.717) is 6.54 Å². The number of unbranched alkanes of at least 4 members (excludes halogenated alkanes) is 3. The molecule has 0 aliphatic carbocycles. The molecule has 0 bridgehead atoms. The molecule has 0 radical (unpaired) electrons. The lowest BCUT2D eigenvalue weighted by molar-refractivity contribution is 0.726. The largest absolute Gasteiger partial charge is 0.327 e. The standard InChI is InChI=1S/C9H19N/c1-3-4-5-6-7-9(2)8-10/h7H,3-6,8,10H2,1-2H3/b9-7+. The van der Waals surface area contributed by atoms with Gasteiger partial charge in [-0.05, 0) is 19.8 Å². The summed E-state index contributed by atoms with van der Waals surface area (Å²) in [7, 11) is 0. The van der Waals surface area contributed by atoms with Crippen LogP contribution in [0.15, 0.2) is 11.6 Å². The summed E-state index contributed by atoms with van der Waals surface area (Å²) in [6.45, 7) is 5.03. The molecular formula is C9H19N. The minimum atomic E-state index is 0.714. The Hall–Kier alpha value is -0.300. The summed E-state index contributed by atoms with van der Waals surface area (Å²) in [5.74, 6) is 0. The van der Waals surface area contributed by atoms with Crippen LogP contribution in [0.2, 0.25) is 0 Å². The molecule has 0 atom stereocenters. The van der Waals surface area contributed by atoms with Crippen LogP contribution in [0.25, 0.3) is 0 Å². The fourth-order valence-electron chi connectivity index (χ4n) is 0.826. The van der Waals surface area contributed by atoms with Crippen molar-refractivity contribution in [3.8, 4) is 0 Å². The molecule has 0 fully saturated rings. The molecule has 0 aromatic rings. The maximum Gasteiger partial charge on any atom is 0.0134 e. The molecule has 0 aromatic heterocycles. The maximum absolute atomic E-state index is 5.42. The van der Waals surface area contributed by atoms with Gasteiger partial charge in [0.1, 0.15) is 0 Å². The zero-order valence-corrected chi connectivity index (χ0v) is 7.19. The average Bonchev–Trinajstić information content (AvgIpc) is 1.98. The van der Waals surface area contributed by atoms with E-state index in [2.05, 4.69) is 19.9 Å². The molecule has 10 heavy (non-hydrogen) atoms. The Morgan fingerprint density at radius 3 is 2.60 bits per heavy atom. The van der Waals surface area contributed by atoms with Gasteiger partial charge in [0, 0.05) is 6.54 Å². The molecule has 0 amide bonds. The van der Waals surface area contributed by atoms with Crippen molar-refractivity contribution in [2.24, 2.45) is 5.73 Å². The molecule has 0 spiro atoms. The van der Waals surface area contributed by atoms with Gasteiger partial charge in [-0.15, -0.1) is 0 Å². The Morgan fingerprint density at radius 2 is 2.10 bits per heavy atom. The van der Waals surface area contributed by atoms with E-state index >= 15 is 0 Å². The van der Waals surface area contributed by atoms with E-state index in [-0.39, 0.29) is 0 Å². The third-order valence-corrected chi connectivity index (χ3v) is 1.62. The van der Waals surface area contributed by atoms with Crippen LogP contribution in [-0.4, -0.2) is 6.54 Å². The Labute approximate surface area is 64.3 Å². The highest BCUT2D eigenvalue weighted by atomic mass is 14.5. The van der Waals surface area contributed by atoms with Crippen LogP contribution in [0.4, 0.5) is 0 Å². The van der Waals surface area contributed by atoms with Gasteiger partial charge in [-0.2, -0.15) is 0 Å². The predicted octanol–water partition coefficient (Wildman–Crippen LogP) is 2.47. The third-order valence-electron chi connectivity index (χ3n) is 1.62. The molecule has 0 rings (SSSR count). The quantitative estimate of drug-likeness (QED) is 0.462. The summed E-state index contributed by atoms with van der Waals surface area (Å²) in [5.41, 5.74) is 6.73. The molecule has 0 heterocycles. The minimum Gasteiger partial charge on any atom is -0.327 e. The summed E-state index contributed by atoms with van der Waals surface area (Å²) in [6, 6.07) is 0. The lowest BCUT2D eigenvalue weighted by Gasteiger charge is -1.95. The highest BCUT2D eigenvalue weighted by Gasteiger charge is 1.84. The summed E-state index contributed by atoms with van der Waals surface area (Å²) in [6.07, 6.45) is 7.41. The number of allylic oxidation sites excluding steroid dienone is 1. The van der Waals surface area contributed by atoms with Gasteiger partial charge in [0.15, 0.2) is 0 Å². The molecule has 2 N–H and O–H groups in total. The van der Waals surface area contributed by atoms with Crippen molar-refractivity contribution in [3.63, 3.8) is 0 Å². The van der Waals surface area contributed by atoms with Gasteiger partial charge in [0.05, 0.1) is 0 Å². The first-order valence-corrected chi connectivity index (χ1v) is 4.17. The lowest BCUT2D eigenvalue weighted by atomic mass is 10.1. The number of rotatable bonds is 5. The van der Waals surface area contributed by atoms with E-state index in [9.17, 15) is 0 Å². The van der Waals surface area contributed by atoms with Crippen LogP contribution < -0.4 is 5.73 Å². The number of nitrogens with two attached hydrogens (primary N) is 1. The highest BCUT2D eigenvalue weighted by molar-refractivity contribution is 4.98. The van der Waals surface area contributed by atoms with Gasteiger partial charge < -0.3 is 5.73 Å². The predicted molar refractivity (Wildman–Crippen MR) is 47.0 cm³/mol. The van der Waals surface area contributed by atoms with E-state index in [1.54, 1.807) is 0 Å². The van der Waals surface area contributed by atoms with E-state index in [0.717, 1.165) is 0 Å². The van der Waals surface area contributed by atoms with Crippen molar-refractivity contribution >= 4 is 0 Å². The SMILES string of the molecule is CCCCC/C=C(\C)CN. The second-order valence-electron chi connectivity index (χ2n) is 2.75. The van der Waals surface area contributed by atoms with Crippen molar-refractivity contribution in [1.82, 2.24) is 0 Å². The summed E-state index contributed by atoms with van der Waals surface area (Å²) in [5, 5.41) is 0. The maximum atomic E-state index is 5.42. The van der Waals surface area contributed by atoms with Crippen LogP contribution in [-0.2, 0) is 0 Å². The van der Waals surface area contributed by atoms with Crippen LogP contribution >= 0.6 is 0 Å². The molecule has 0 aliphatic rings. The number of hydrogen-bond acceptors (Lipinski definition) is 1. The van der Waals surface area contributed by atoms with Gasteiger partial charge in [-0.1, -0.05) is 31.4 Å². The lowest BCUT2D eigenvalue weighted by Crippen LogP contribution is -1.99. The first-order valence-electron chi connectivity index (χ1n) is 4.17. The van der Waals surface area contributed by atoms with Crippen molar-refractivity contribution in [2.75, 3.05) is 6.54 Å². The van der Waals surface area contributed by atoms with E-state index in [1.165, 1.54) is 31.3 Å². The van der Waals surface area contributed by atoms with E-state index in [1.807, 2.05) is 0 Å². The molecule has 0 aromatic carbocycles. The fourth-order valence-corrected chi connectivity index (χ4v) is 0.826. The highest BCUT2D eigenvalue weighted by Crippen LogP contribution is 2.01. The Kier molecular flexibility index (Phi) is 6.61. The van der Waals surface area contributed by atoms with Crippen molar-refractivity contribution in [3.05, 3.63) is 11.6 Å². The molecule has 0 saturated heterocycles. The number of hydrogen-bond donors (Lipinski definition) is 1. The zero-order chi connectivity index (χ0) is 7.82. The molecule has 1 nitrogen and oxygen atoms in total. The second-order valence-corrected chi connectivity index (χ2v) is 2.75. The normalized spacial score (nSPS) is 12.1. The smallest absolute Gasteiger partial charge is 0.0134 e. The van der Waals surface area contributed by atoms with E-state index in [4.69, 9.17) is 5.73 Å². The molecule has 1 heteroatoms. The minimum absolute atomic E-state index is 0.714. The van der Waals surface area contributed by atoms with Crippen LogP contribution in [0.3, 0.4) is 0 Å². The summed E-state index contributed by atoms with van der Waals surface area (Å²) >= 11 is 0. The van der Waals surface area contributed by atoms with Gasteiger partial charge in [0.2, 0.25) is 0 Å². The van der Waals surface area contributed by atoms with Gasteiger partial charge in [-0.3, -0.25) is 0 Å². The van der Waals surface area contributed by atoms with Crippen LogP contribution in [0, 0.1) is 0 Å². The second kappa shape index (κ2) is 6.81. The Morgan fingerprint density at radius 1 is 1.40 bits per heavy atom. The van der Waals surface area contributed by atoms with Crippen LogP contribution in [0.5, 0.6) is 0 Å². The molecule has 0 saturated carbocycles. The molecule has 0 unspecified atom stereocenters. The van der Waals surface area contributed by atoms with E-state index < -0.39 is 0 Å². The van der Waals surface area contributed by atoms with Gasteiger partial charge >= 0.3 is 0 Å².